The van der Waals surface area contributed by atoms with Crippen molar-refractivity contribution < 1.29 is 4.79 Å². The van der Waals surface area contributed by atoms with Crippen LogP contribution in [0.3, 0.4) is 0 Å². The molecule has 2 N–H and O–H groups in total. The number of amides is 1. The van der Waals surface area contributed by atoms with Gasteiger partial charge in [0.15, 0.2) is 0 Å². The Kier molecular flexibility index (Phi) is 4.90. The molecule has 102 valence electrons. The van der Waals surface area contributed by atoms with Crippen LogP contribution < -0.4 is 10.6 Å². The molecule has 0 atom stereocenters. The number of carbonyl (C=O) groups excluding carboxylic acids is 1. The first kappa shape index (κ1) is 14.7. The van der Waals surface area contributed by atoms with E-state index in [0.29, 0.717) is 18.8 Å². The lowest BCUT2D eigenvalue weighted by Crippen LogP contribution is -2.41. The van der Waals surface area contributed by atoms with Crippen LogP contribution in [0.5, 0.6) is 0 Å². The third-order valence-corrected chi connectivity index (χ3v) is 2.50. The summed E-state index contributed by atoms with van der Waals surface area (Å²) in [6, 6.07) is 1.82. The summed E-state index contributed by atoms with van der Waals surface area (Å²) in [6.07, 6.45) is 0. The highest BCUT2D eigenvalue weighted by molar-refractivity contribution is 5.92. The molecule has 5 heteroatoms. The SMILES string of the molecule is CCn1nc(C)cc1C(=O)NCCNC(C)(C)C. The van der Waals surface area contributed by atoms with Crippen LogP contribution in [0.1, 0.15) is 43.9 Å². The molecule has 0 aliphatic rings. The first-order chi connectivity index (χ1) is 8.33. The average Bonchev–Trinajstić information content (AvgIpc) is 2.64. The molecule has 0 spiro atoms. The minimum absolute atomic E-state index is 0.0619. The van der Waals surface area contributed by atoms with E-state index >= 15 is 0 Å². The van der Waals surface area contributed by atoms with Crippen LogP contribution in [0.4, 0.5) is 0 Å². The Morgan fingerprint density at radius 1 is 1.39 bits per heavy atom. The Bertz CT molecular complexity index is 404. The predicted molar refractivity (Wildman–Crippen MR) is 72.7 cm³/mol. The van der Waals surface area contributed by atoms with Gasteiger partial charge in [-0.05, 0) is 40.7 Å². The number of hydrogen-bond donors (Lipinski definition) is 2. The zero-order valence-electron chi connectivity index (χ0n) is 12.0. The van der Waals surface area contributed by atoms with Gasteiger partial charge in [0, 0.05) is 25.2 Å². The molecule has 0 aliphatic carbocycles. The number of hydrogen-bond acceptors (Lipinski definition) is 3. The standard InChI is InChI=1S/C13H24N4O/c1-6-17-11(9-10(2)16-17)12(18)14-7-8-15-13(3,4)5/h9,15H,6-8H2,1-5H3,(H,14,18). The van der Waals surface area contributed by atoms with Crippen LogP contribution in [0.2, 0.25) is 0 Å². The largest absolute Gasteiger partial charge is 0.349 e. The topological polar surface area (TPSA) is 59.0 Å². The van der Waals surface area contributed by atoms with Crippen molar-refractivity contribution in [2.24, 2.45) is 0 Å². The second-order valence-electron chi connectivity index (χ2n) is 5.42. The fourth-order valence-corrected chi connectivity index (χ4v) is 1.67. The Labute approximate surface area is 109 Å². The maximum absolute atomic E-state index is 12.0. The van der Waals surface area contributed by atoms with Gasteiger partial charge in [-0.25, -0.2) is 0 Å². The van der Waals surface area contributed by atoms with E-state index in [0.717, 1.165) is 12.2 Å². The van der Waals surface area contributed by atoms with Gasteiger partial charge in [0.1, 0.15) is 5.69 Å². The van der Waals surface area contributed by atoms with Crippen LogP contribution in [0, 0.1) is 6.92 Å². The fourth-order valence-electron chi connectivity index (χ4n) is 1.67. The normalized spacial score (nSPS) is 11.6. The van der Waals surface area contributed by atoms with E-state index in [2.05, 4.69) is 36.5 Å². The molecule has 5 nitrogen and oxygen atoms in total. The number of aryl methyl sites for hydroxylation is 2. The second-order valence-corrected chi connectivity index (χ2v) is 5.42. The Morgan fingerprint density at radius 2 is 2.06 bits per heavy atom. The van der Waals surface area contributed by atoms with Crippen molar-refractivity contribution in [1.29, 1.82) is 0 Å². The van der Waals surface area contributed by atoms with E-state index < -0.39 is 0 Å². The summed E-state index contributed by atoms with van der Waals surface area (Å²) in [7, 11) is 0. The molecule has 0 saturated carbocycles. The summed E-state index contributed by atoms with van der Waals surface area (Å²) in [5, 5.41) is 10.5. The van der Waals surface area contributed by atoms with E-state index in [1.807, 2.05) is 19.9 Å². The van der Waals surface area contributed by atoms with Crippen molar-refractivity contribution in [2.75, 3.05) is 13.1 Å². The van der Waals surface area contributed by atoms with Gasteiger partial charge in [0.2, 0.25) is 0 Å². The fraction of sp³-hybridized carbons (Fsp3) is 0.692. The molecule has 0 bridgehead atoms. The highest BCUT2D eigenvalue weighted by Gasteiger charge is 2.13. The molecular formula is C13H24N4O. The molecule has 0 unspecified atom stereocenters. The van der Waals surface area contributed by atoms with Gasteiger partial charge >= 0.3 is 0 Å². The molecule has 1 rings (SSSR count). The summed E-state index contributed by atoms with van der Waals surface area (Å²) < 4.78 is 1.72. The van der Waals surface area contributed by atoms with Crippen molar-refractivity contribution in [3.63, 3.8) is 0 Å². The van der Waals surface area contributed by atoms with Crippen LogP contribution in [0.25, 0.3) is 0 Å². The van der Waals surface area contributed by atoms with E-state index in [4.69, 9.17) is 0 Å². The van der Waals surface area contributed by atoms with Gasteiger partial charge < -0.3 is 10.6 Å². The Balaban J connectivity index is 2.45. The average molecular weight is 252 g/mol. The zero-order valence-corrected chi connectivity index (χ0v) is 12.0. The van der Waals surface area contributed by atoms with Crippen molar-refractivity contribution in [2.45, 2.75) is 46.7 Å². The second kappa shape index (κ2) is 6.00. The minimum atomic E-state index is -0.0619. The molecule has 1 amide bonds. The van der Waals surface area contributed by atoms with Crippen molar-refractivity contribution >= 4 is 5.91 Å². The number of nitrogens with zero attached hydrogens (tertiary/aromatic N) is 2. The minimum Gasteiger partial charge on any atom is -0.349 e. The van der Waals surface area contributed by atoms with E-state index in [9.17, 15) is 4.79 Å². The number of rotatable bonds is 5. The summed E-state index contributed by atoms with van der Waals surface area (Å²) in [5.41, 5.74) is 1.58. The Morgan fingerprint density at radius 3 is 2.61 bits per heavy atom. The molecule has 18 heavy (non-hydrogen) atoms. The van der Waals surface area contributed by atoms with Crippen molar-refractivity contribution in [3.8, 4) is 0 Å². The summed E-state index contributed by atoms with van der Waals surface area (Å²) in [4.78, 5) is 12.0. The molecular weight excluding hydrogens is 228 g/mol. The van der Waals surface area contributed by atoms with Gasteiger partial charge in [-0.1, -0.05) is 0 Å². The molecule has 0 saturated heterocycles. The lowest BCUT2D eigenvalue weighted by molar-refractivity contribution is 0.0942. The number of aromatic nitrogens is 2. The third-order valence-electron chi connectivity index (χ3n) is 2.50. The van der Waals surface area contributed by atoms with Gasteiger partial charge in [-0.3, -0.25) is 9.48 Å². The van der Waals surface area contributed by atoms with Gasteiger partial charge in [-0.15, -0.1) is 0 Å². The Hall–Kier alpha value is -1.36. The maximum Gasteiger partial charge on any atom is 0.269 e. The van der Waals surface area contributed by atoms with E-state index in [1.165, 1.54) is 0 Å². The molecule has 0 aromatic carbocycles. The summed E-state index contributed by atoms with van der Waals surface area (Å²) in [6.45, 7) is 12.3. The van der Waals surface area contributed by atoms with E-state index in [-0.39, 0.29) is 11.4 Å². The number of nitrogens with one attached hydrogen (secondary N) is 2. The first-order valence-electron chi connectivity index (χ1n) is 6.41. The molecule has 1 aromatic rings. The summed E-state index contributed by atoms with van der Waals surface area (Å²) >= 11 is 0. The third kappa shape index (κ3) is 4.49. The molecule has 0 fully saturated rings. The molecule has 1 aromatic heterocycles. The van der Waals surface area contributed by atoms with Crippen LogP contribution >= 0.6 is 0 Å². The highest BCUT2D eigenvalue weighted by Crippen LogP contribution is 2.03. The smallest absolute Gasteiger partial charge is 0.269 e. The quantitative estimate of drug-likeness (QED) is 0.777. The lowest BCUT2D eigenvalue weighted by Gasteiger charge is -2.20. The van der Waals surface area contributed by atoms with E-state index in [1.54, 1.807) is 4.68 Å². The van der Waals surface area contributed by atoms with Gasteiger partial charge in [0.25, 0.3) is 5.91 Å². The number of carbonyl (C=O) groups is 1. The molecule has 0 aliphatic heterocycles. The predicted octanol–water partition coefficient (Wildman–Crippen LogP) is 1.33. The lowest BCUT2D eigenvalue weighted by atomic mass is 10.1. The molecule has 0 radical (unpaired) electrons. The van der Waals surface area contributed by atoms with Crippen LogP contribution in [0.15, 0.2) is 6.07 Å². The maximum atomic E-state index is 12.0. The van der Waals surface area contributed by atoms with Crippen LogP contribution in [-0.4, -0.2) is 34.3 Å². The van der Waals surface area contributed by atoms with Crippen LogP contribution in [-0.2, 0) is 6.54 Å². The van der Waals surface area contributed by atoms with Gasteiger partial charge in [-0.2, -0.15) is 5.10 Å². The first-order valence-corrected chi connectivity index (χ1v) is 6.41. The van der Waals surface area contributed by atoms with Crippen molar-refractivity contribution in [1.82, 2.24) is 20.4 Å². The zero-order chi connectivity index (χ0) is 13.8. The highest BCUT2D eigenvalue weighted by atomic mass is 16.2. The summed E-state index contributed by atoms with van der Waals surface area (Å²) in [5.74, 6) is -0.0619. The monoisotopic (exact) mass is 252 g/mol. The van der Waals surface area contributed by atoms with Gasteiger partial charge in [0.05, 0.1) is 5.69 Å². The molecule has 1 heterocycles. The van der Waals surface area contributed by atoms with Crippen molar-refractivity contribution in [3.05, 3.63) is 17.5 Å².